The first kappa shape index (κ1) is 12.1. The molecule has 17 heavy (non-hydrogen) atoms. The van der Waals surface area contributed by atoms with E-state index in [4.69, 9.17) is 4.74 Å². The van der Waals surface area contributed by atoms with Crippen LogP contribution in [0.3, 0.4) is 0 Å². The van der Waals surface area contributed by atoms with Crippen molar-refractivity contribution < 1.29 is 19.7 Å². The number of hydrogen-bond donors (Lipinski definition) is 2. The summed E-state index contributed by atoms with van der Waals surface area (Å²) in [6.07, 6.45) is -2.05. The maximum atomic E-state index is 11.3. The van der Waals surface area contributed by atoms with Crippen molar-refractivity contribution in [3.63, 3.8) is 0 Å². The average Bonchev–Trinajstić information content (AvgIpc) is 2.25. The Morgan fingerprint density at radius 2 is 2.00 bits per heavy atom. The Kier molecular flexibility index (Phi) is 2.72. The fourth-order valence-electron chi connectivity index (χ4n) is 1.99. The smallest absolute Gasteiger partial charge is 0.159 e. The van der Waals surface area contributed by atoms with Crippen LogP contribution in [-0.4, -0.2) is 27.7 Å². The SMILES string of the molecule is CC(=O)c1ccc2c(c1)[C@H](O)[C@@H](O)C(C)(C)O2. The van der Waals surface area contributed by atoms with Gasteiger partial charge in [0.1, 0.15) is 23.6 Å². The Hall–Kier alpha value is -1.39. The van der Waals surface area contributed by atoms with Gasteiger partial charge in [0.15, 0.2) is 5.78 Å². The van der Waals surface area contributed by atoms with E-state index in [1.165, 1.54) is 6.92 Å². The van der Waals surface area contributed by atoms with Gasteiger partial charge < -0.3 is 14.9 Å². The Bertz CT molecular complexity index is 464. The van der Waals surface area contributed by atoms with Crippen LogP contribution in [0.5, 0.6) is 5.75 Å². The number of fused-ring (bicyclic) bond motifs is 1. The minimum Gasteiger partial charge on any atom is -0.485 e. The number of rotatable bonds is 1. The third kappa shape index (κ3) is 1.94. The van der Waals surface area contributed by atoms with E-state index < -0.39 is 17.8 Å². The van der Waals surface area contributed by atoms with Crippen LogP contribution in [-0.2, 0) is 0 Å². The molecule has 4 nitrogen and oxygen atoms in total. The van der Waals surface area contributed by atoms with Crippen LogP contribution in [0.1, 0.15) is 42.8 Å². The van der Waals surface area contributed by atoms with Gasteiger partial charge in [0, 0.05) is 11.1 Å². The van der Waals surface area contributed by atoms with Crippen molar-refractivity contribution in [2.75, 3.05) is 0 Å². The maximum absolute atomic E-state index is 11.3. The molecule has 2 atom stereocenters. The van der Waals surface area contributed by atoms with Crippen molar-refractivity contribution in [2.24, 2.45) is 0 Å². The fourth-order valence-corrected chi connectivity index (χ4v) is 1.99. The molecule has 0 radical (unpaired) electrons. The molecule has 1 heterocycles. The molecule has 92 valence electrons. The summed E-state index contributed by atoms with van der Waals surface area (Å²) >= 11 is 0. The van der Waals surface area contributed by atoms with E-state index in [-0.39, 0.29) is 5.78 Å². The van der Waals surface area contributed by atoms with Crippen molar-refractivity contribution in [1.82, 2.24) is 0 Å². The standard InChI is InChI=1S/C13H16O4/c1-7(14)8-4-5-10-9(6-8)11(15)12(16)13(2,3)17-10/h4-6,11-12,15-16H,1-3H3/t11-,12+/m0/s1. The van der Waals surface area contributed by atoms with Gasteiger partial charge in [0.2, 0.25) is 0 Å². The molecule has 1 aliphatic heterocycles. The predicted molar refractivity (Wildman–Crippen MR) is 62.1 cm³/mol. The molecule has 0 bridgehead atoms. The zero-order chi connectivity index (χ0) is 12.8. The summed E-state index contributed by atoms with van der Waals surface area (Å²) < 4.78 is 5.62. The maximum Gasteiger partial charge on any atom is 0.159 e. The zero-order valence-electron chi connectivity index (χ0n) is 10.1. The van der Waals surface area contributed by atoms with E-state index >= 15 is 0 Å². The van der Waals surface area contributed by atoms with Gasteiger partial charge in [-0.25, -0.2) is 0 Å². The minimum absolute atomic E-state index is 0.0840. The number of benzene rings is 1. The van der Waals surface area contributed by atoms with E-state index in [1.54, 1.807) is 32.0 Å². The Morgan fingerprint density at radius 3 is 2.59 bits per heavy atom. The molecule has 0 saturated heterocycles. The predicted octanol–water partition coefficient (Wildman–Crippen LogP) is 1.45. The van der Waals surface area contributed by atoms with Gasteiger partial charge in [-0.05, 0) is 39.0 Å². The highest BCUT2D eigenvalue weighted by molar-refractivity contribution is 5.94. The van der Waals surface area contributed by atoms with Crippen LogP contribution in [0.4, 0.5) is 0 Å². The van der Waals surface area contributed by atoms with Gasteiger partial charge >= 0.3 is 0 Å². The summed E-state index contributed by atoms with van der Waals surface area (Å²) in [7, 11) is 0. The molecule has 0 spiro atoms. The largest absolute Gasteiger partial charge is 0.485 e. The van der Waals surface area contributed by atoms with E-state index in [1.807, 2.05) is 0 Å². The number of ether oxygens (including phenoxy) is 1. The number of carbonyl (C=O) groups excluding carboxylic acids is 1. The summed E-state index contributed by atoms with van der Waals surface area (Å²) in [5, 5.41) is 20.0. The summed E-state index contributed by atoms with van der Waals surface area (Å²) in [5.74, 6) is 0.428. The van der Waals surface area contributed by atoms with Crippen LogP contribution in [0.25, 0.3) is 0 Å². The van der Waals surface area contributed by atoms with Gasteiger partial charge in [-0.1, -0.05) is 0 Å². The molecular formula is C13H16O4. The zero-order valence-corrected chi connectivity index (χ0v) is 10.1. The third-order valence-electron chi connectivity index (χ3n) is 3.12. The number of hydrogen-bond acceptors (Lipinski definition) is 4. The molecule has 0 unspecified atom stereocenters. The molecule has 0 saturated carbocycles. The Morgan fingerprint density at radius 1 is 1.35 bits per heavy atom. The highest BCUT2D eigenvalue weighted by Crippen LogP contribution is 2.40. The molecule has 0 aromatic heterocycles. The first-order valence-corrected chi connectivity index (χ1v) is 5.53. The van der Waals surface area contributed by atoms with Gasteiger partial charge in [-0.3, -0.25) is 4.79 Å². The lowest BCUT2D eigenvalue weighted by Gasteiger charge is -2.40. The van der Waals surface area contributed by atoms with Crippen molar-refractivity contribution in [2.45, 2.75) is 38.6 Å². The lowest BCUT2D eigenvalue weighted by molar-refractivity contribution is -0.111. The number of ketones is 1. The number of aliphatic hydroxyl groups excluding tert-OH is 2. The van der Waals surface area contributed by atoms with E-state index in [0.29, 0.717) is 16.9 Å². The number of carbonyl (C=O) groups is 1. The molecular weight excluding hydrogens is 220 g/mol. The van der Waals surface area contributed by atoms with Gasteiger partial charge in [-0.2, -0.15) is 0 Å². The summed E-state index contributed by atoms with van der Waals surface area (Å²) in [6, 6.07) is 4.88. The monoisotopic (exact) mass is 236 g/mol. The van der Waals surface area contributed by atoms with Crippen molar-refractivity contribution in [3.05, 3.63) is 29.3 Å². The van der Waals surface area contributed by atoms with Crippen molar-refractivity contribution in [1.29, 1.82) is 0 Å². The summed E-state index contributed by atoms with van der Waals surface area (Å²) in [5.41, 5.74) is 0.118. The molecule has 1 aliphatic rings. The highest BCUT2D eigenvalue weighted by atomic mass is 16.5. The molecule has 4 heteroatoms. The molecule has 0 aliphatic carbocycles. The van der Waals surface area contributed by atoms with Crippen LogP contribution in [0.15, 0.2) is 18.2 Å². The number of aliphatic hydroxyl groups is 2. The van der Waals surface area contributed by atoms with E-state index in [2.05, 4.69) is 0 Å². The molecule has 0 amide bonds. The normalized spacial score (nSPS) is 25.9. The first-order chi connectivity index (χ1) is 7.83. The topological polar surface area (TPSA) is 66.8 Å². The summed E-state index contributed by atoms with van der Waals surface area (Å²) in [4.78, 5) is 11.3. The van der Waals surface area contributed by atoms with Gasteiger partial charge in [0.05, 0.1) is 0 Å². The van der Waals surface area contributed by atoms with E-state index in [0.717, 1.165) is 0 Å². The minimum atomic E-state index is -1.03. The number of Topliss-reactive ketones (excluding diaryl/α,β-unsaturated/α-hetero) is 1. The van der Waals surface area contributed by atoms with E-state index in [9.17, 15) is 15.0 Å². The molecule has 2 rings (SSSR count). The quantitative estimate of drug-likeness (QED) is 0.724. The highest BCUT2D eigenvalue weighted by Gasteiger charge is 2.42. The lowest BCUT2D eigenvalue weighted by atomic mass is 9.87. The van der Waals surface area contributed by atoms with Gasteiger partial charge in [-0.15, -0.1) is 0 Å². The Balaban J connectivity index is 2.50. The molecule has 1 aromatic rings. The van der Waals surface area contributed by atoms with Crippen LogP contribution >= 0.6 is 0 Å². The second-order valence-electron chi connectivity index (χ2n) is 4.90. The average molecular weight is 236 g/mol. The second kappa shape index (κ2) is 3.82. The Labute approximate surface area is 99.8 Å². The summed E-state index contributed by atoms with van der Waals surface area (Å²) in [6.45, 7) is 4.88. The van der Waals surface area contributed by atoms with Crippen LogP contribution < -0.4 is 4.74 Å². The van der Waals surface area contributed by atoms with Crippen LogP contribution in [0, 0.1) is 0 Å². The molecule has 2 N–H and O–H groups in total. The molecule has 1 aromatic carbocycles. The van der Waals surface area contributed by atoms with Crippen LogP contribution in [0.2, 0.25) is 0 Å². The van der Waals surface area contributed by atoms with Crippen molar-refractivity contribution >= 4 is 5.78 Å². The molecule has 0 fully saturated rings. The second-order valence-corrected chi connectivity index (χ2v) is 4.90. The third-order valence-corrected chi connectivity index (χ3v) is 3.12. The fraction of sp³-hybridized carbons (Fsp3) is 0.462. The van der Waals surface area contributed by atoms with Gasteiger partial charge in [0.25, 0.3) is 0 Å². The lowest BCUT2D eigenvalue weighted by Crippen LogP contribution is -2.48. The van der Waals surface area contributed by atoms with Crippen molar-refractivity contribution in [3.8, 4) is 5.75 Å². The first-order valence-electron chi connectivity index (χ1n) is 5.53.